The summed E-state index contributed by atoms with van der Waals surface area (Å²) >= 11 is 0. The van der Waals surface area contributed by atoms with Crippen molar-refractivity contribution >= 4 is 16.9 Å². The number of nitrogens with one attached hydrogen (secondary N) is 1. The molecule has 0 spiro atoms. The van der Waals surface area contributed by atoms with Gasteiger partial charge in [-0.25, -0.2) is 4.98 Å². The summed E-state index contributed by atoms with van der Waals surface area (Å²) in [5.74, 6) is 1.62. The third-order valence-corrected chi connectivity index (χ3v) is 4.11. The van der Waals surface area contributed by atoms with E-state index in [1.807, 2.05) is 49.7 Å². The maximum absolute atomic E-state index is 12.1. The molecule has 3 rings (SSSR count). The number of amides is 1. The van der Waals surface area contributed by atoms with Gasteiger partial charge < -0.3 is 14.4 Å². The molecule has 0 unspecified atom stereocenters. The van der Waals surface area contributed by atoms with Gasteiger partial charge in [-0.15, -0.1) is 0 Å². The van der Waals surface area contributed by atoms with Gasteiger partial charge in [-0.1, -0.05) is 17.3 Å². The van der Waals surface area contributed by atoms with Crippen LogP contribution in [0.1, 0.15) is 29.3 Å². The highest BCUT2D eigenvalue weighted by Gasteiger charge is 2.12. The Morgan fingerprint density at radius 1 is 1.30 bits per heavy atom. The van der Waals surface area contributed by atoms with E-state index in [1.54, 1.807) is 0 Å². The largest absolute Gasteiger partial charge is 0.361 e. The van der Waals surface area contributed by atoms with E-state index in [0.29, 0.717) is 19.4 Å². The van der Waals surface area contributed by atoms with Gasteiger partial charge in [0.1, 0.15) is 11.6 Å². The minimum atomic E-state index is -0.00273. The van der Waals surface area contributed by atoms with Crippen LogP contribution in [0.3, 0.4) is 0 Å². The third kappa shape index (κ3) is 3.11. The number of aryl methyl sites for hydroxylation is 3. The van der Waals surface area contributed by atoms with Gasteiger partial charge in [-0.2, -0.15) is 0 Å². The molecule has 0 radical (unpaired) electrons. The molecule has 0 aliphatic carbocycles. The van der Waals surface area contributed by atoms with Crippen molar-refractivity contribution in [2.75, 3.05) is 0 Å². The molecule has 0 saturated carbocycles. The summed E-state index contributed by atoms with van der Waals surface area (Å²) in [4.78, 5) is 16.6. The van der Waals surface area contributed by atoms with Gasteiger partial charge in [0.15, 0.2) is 0 Å². The van der Waals surface area contributed by atoms with Gasteiger partial charge in [-0.05, 0) is 32.4 Å². The number of imidazole rings is 1. The monoisotopic (exact) mass is 312 g/mol. The van der Waals surface area contributed by atoms with E-state index in [2.05, 4.69) is 15.5 Å². The highest BCUT2D eigenvalue weighted by atomic mass is 16.5. The Labute approximate surface area is 134 Å². The molecular formula is C17H20N4O2. The number of aromatic nitrogens is 3. The zero-order valence-electron chi connectivity index (χ0n) is 13.6. The van der Waals surface area contributed by atoms with Gasteiger partial charge in [0.25, 0.3) is 0 Å². The Bertz CT molecular complexity index is 828. The number of nitrogens with zero attached hydrogens (tertiary/aromatic N) is 3. The van der Waals surface area contributed by atoms with E-state index in [9.17, 15) is 4.79 Å². The van der Waals surface area contributed by atoms with Crippen LogP contribution in [0, 0.1) is 13.8 Å². The lowest BCUT2D eigenvalue weighted by molar-refractivity contribution is -0.121. The summed E-state index contributed by atoms with van der Waals surface area (Å²) < 4.78 is 7.12. The number of hydrogen-bond acceptors (Lipinski definition) is 4. The standard InChI is InChI=1S/C17H20N4O2/c1-11-13(12(2)23-20-11)8-9-17(22)18-10-16-19-14-6-4-5-7-15(14)21(16)3/h4-7H,8-10H2,1-3H3,(H,18,22). The first kappa shape index (κ1) is 15.3. The Morgan fingerprint density at radius 2 is 2.09 bits per heavy atom. The fraction of sp³-hybridized carbons (Fsp3) is 0.353. The van der Waals surface area contributed by atoms with Gasteiger partial charge >= 0.3 is 0 Å². The van der Waals surface area contributed by atoms with Gasteiger partial charge in [-0.3, -0.25) is 4.79 Å². The zero-order chi connectivity index (χ0) is 16.4. The van der Waals surface area contributed by atoms with Crippen LogP contribution in [0.4, 0.5) is 0 Å². The lowest BCUT2D eigenvalue weighted by Crippen LogP contribution is -2.24. The maximum Gasteiger partial charge on any atom is 0.220 e. The molecule has 1 aromatic carbocycles. The predicted molar refractivity (Wildman–Crippen MR) is 86.9 cm³/mol. The molecule has 0 fully saturated rings. The molecule has 23 heavy (non-hydrogen) atoms. The summed E-state index contributed by atoms with van der Waals surface area (Å²) in [6.07, 6.45) is 1.04. The lowest BCUT2D eigenvalue weighted by atomic mass is 10.1. The Morgan fingerprint density at radius 3 is 2.78 bits per heavy atom. The minimum Gasteiger partial charge on any atom is -0.361 e. The van der Waals surface area contributed by atoms with Crippen LogP contribution in [0.5, 0.6) is 0 Å². The molecule has 0 aliphatic rings. The molecule has 6 heteroatoms. The molecule has 2 heterocycles. The fourth-order valence-corrected chi connectivity index (χ4v) is 2.72. The average Bonchev–Trinajstić information content (AvgIpc) is 3.04. The van der Waals surface area contributed by atoms with Gasteiger partial charge in [0.05, 0.1) is 23.3 Å². The summed E-state index contributed by atoms with van der Waals surface area (Å²) in [6, 6.07) is 7.93. The number of rotatable bonds is 5. The Hall–Kier alpha value is -2.63. The number of benzene rings is 1. The van der Waals surface area contributed by atoms with Crippen molar-refractivity contribution in [1.82, 2.24) is 20.0 Å². The second-order valence-electron chi connectivity index (χ2n) is 5.66. The smallest absolute Gasteiger partial charge is 0.220 e. The van der Waals surface area contributed by atoms with Crippen molar-refractivity contribution in [3.63, 3.8) is 0 Å². The number of para-hydroxylation sites is 2. The molecule has 0 saturated heterocycles. The first-order chi connectivity index (χ1) is 11.1. The van der Waals surface area contributed by atoms with E-state index < -0.39 is 0 Å². The molecule has 0 atom stereocenters. The number of carbonyl (C=O) groups excluding carboxylic acids is 1. The molecule has 1 N–H and O–H groups in total. The number of carbonyl (C=O) groups is 1. The molecule has 0 aliphatic heterocycles. The minimum absolute atomic E-state index is 0.00273. The second kappa shape index (κ2) is 6.24. The number of fused-ring (bicyclic) bond motifs is 1. The van der Waals surface area contributed by atoms with E-state index in [0.717, 1.165) is 33.9 Å². The van der Waals surface area contributed by atoms with Crippen LogP contribution < -0.4 is 5.32 Å². The molecule has 120 valence electrons. The van der Waals surface area contributed by atoms with Crippen LogP contribution >= 0.6 is 0 Å². The van der Waals surface area contributed by atoms with Crippen molar-refractivity contribution < 1.29 is 9.32 Å². The zero-order valence-corrected chi connectivity index (χ0v) is 13.6. The maximum atomic E-state index is 12.1. The Kier molecular flexibility index (Phi) is 4.14. The lowest BCUT2D eigenvalue weighted by Gasteiger charge is -2.05. The van der Waals surface area contributed by atoms with Crippen molar-refractivity contribution in [3.05, 3.63) is 47.1 Å². The van der Waals surface area contributed by atoms with Crippen molar-refractivity contribution in [2.24, 2.45) is 7.05 Å². The van der Waals surface area contributed by atoms with E-state index >= 15 is 0 Å². The van der Waals surface area contributed by atoms with E-state index in [1.165, 1.54) is 0 Å². The van der Waals surface area contributed by atoms with Gasteiger partial charge in [0.2, 0.25) is 5.91 Å². The number of hydrogen-bond donors (Lipinski definition) is 1. The second-order valence-corrected chi connectivity index (χ2v) is 5.66. The normalized spacial score (nSPS) is 11.1. The average molecular weight is 312 g/mol. The van der Waals surface area contributed by atoms with E-state index in [-0.39, 0.29) is 5.91 Å². The van der Waals surface area contributed by atoms with Gasteiger partial charge in [0, 0.05) is 19.0 Å². The Balaban J connectivity index is 1.59. The van der Waals surface area contributed by atoms with E-state index in [4.69, 9.17) is 4.52 Å². The topological polar surface area (TPSA) is 73.0 Å². The van der Waals surface area contributed by atoms with Crippen LogP contribution in [0.2, 0.25) is 0 Å². The SMILES string of the molecule is Cc1noc(C)c1CCC(=O)NCc1nc2ccccc2n1C. The first-order valence-electron chi connectivity index (χ1n) is 7.65. The fourth-order valence-electron chi connectivity index (χ4n) is 2.72. The van der Waals surface area contributed by atoms with Crippen molar-refractivity contribution in [1.29, 1.82) is 0 Å². The summed E-state index contributed by atoms with van der Waals surface area (Å²) in [5, 5.41) is 6.83. The molecule has 2 aromatic heterocycles. The highest BCUT2D eigenvalue weighted by molar-refractivity contribution is 5.77. The van der Waals surface area contributed by atoms with Crippen LogP contribution in [0.25, 0.3) is 11.0 Å². The summed E-state index contributed by atoms with van der Waals surface area (Å²) in [5.41, 5.74) is 3.87. The molecule has 1 amide bonds. The summed E-state index contributed by atoms with van der Waals surface area (Å²) in [7, 11) is 1.96. The molecule has 3 aromatic rings. The van der Waals surface area contributed by atoms with Crippen LogP contribution in [-0.2, 0) is 24.8 Å². The third-order valence-electron chi connectivity index (χ3n) is 4.11. The summed E-state index contributed by atoms with van der Waals surface area (Å²) in [6.45, 7) is 4.18. The highest BCUT2D eigenvalue weighted by Crippen LogP contribution is 2.15. The quantitative estimate of drug-likeness (QED) is 0.785. The molecule has 0 bridgehead atoms. The van der Waals surface area contributed by atoms with Crippen LogP contribution in [-0.4, -0.2) is 20.6 Å². The molecular weight excluding hydrogens is 292 g/mol. The van der Waals surface area contributed by atoms with Crippen LogP contribution in [0.15, 0.2) is 28.8 Å². The van der Waals surface area contributed by atoms with Crippen molar-refractivity contribution in [3.8, 4) is 0 Å². The first-order valence-corrected chi connectivity index (χ1v) is 7.65. The predicted octanol–water partition coefficient (Wildman–Crippen LogP) is 2.43. The molecule has 6 nitrogen and oxygen atoms in total. The van der Waals surface area contributed by atoms with Crippen molar-refractivity contribution in [2.45, 2.75) is 33.2 Å².